The highest BCUT2D eigenvalue weighted by atomic mass is 16.5. The number of ether oxygens (including phenoxy) is 1. The number of nitrogens with two attached hydrogens (primary N) is 1. The minimum absolute atomic E-state index is 0.221. The van der Waals surface area contributed by atoms with Gasteiger partial charge in [0.25, 0.3) is 0 Å². The summed E-state index contributed by atoms with van der Waals surface area (Å²) in [5, 5.41) is 13.1. The van der Waals surface area contributed by atoms with Crippen LogP contribution in [-0.4, -0.2) is 54.2 Å². The second kappa shape index (κ2) is 8.87. The van der Waals surface area contributed by atoms with Gasteiger partial charge in [-0.3, -0.25) is 9.89 Å². The fourth-order valence-electron chi connectivity index (χ4n) is 3.05. The molecule has 1 aliphatic rings. The van der Waals surface area contributed by atoms with Gasteiger partial charge in [0.2, 0.25) is 0 Å². The average Bonchev–Trinajstić information content (AvgIpc) is 2.49. The fourth-order valence-corrected chi connectivity index (χ4v) is 3.05. The number of aromatic hydroxyl groups is 1. The minimum atomic E-state index is 0.221. The van der Waals surface area contributed by atoms with Gasteiger partial charge < -0.3 is 20.9 Å². The first kappa shape index (κ1) is 19.3. The molecule has 25 heavy (non-hydrogen) atoms. The molecule has 0 aliphatic carbocycles. The number of amidine groups is 1. The molecule has 0 saturated carbocycles. The van der Waals surface area contributed by atoms with Crippen molar-refractivity contribution in [2.24, 2.45) is 10.7 Å². The van der Waals surface area contributed by atoms with E-state index in [1.165, 1.54) is 0 Å². The quantitative estimate of drug-likeness (QED) is 0.419. The van der Waals surface area contributed by atoms with Crippen LogP contribution in [0.25, 0.3) is 0 Å². The molecule has 1 saturated heterocycles. The van der Waals surface area contributed by atoms with Gasteiger partial charge in [-0.15, -0.1) is 0 Å². The molecule has 0 bridgehead atoms. The third-order valence-corrected chi connectivity index (χ3v) is 4.06. The molecule has 1 heterocycles. The Morgan fingerprint density at radius 1 is 1.40 bits per heavy atom. The smallest absolute Gasteiger partial charge is 0.139 e. The van der Waals surface area contributed by atoms with E-state index in [0.717, 1.165) is 30.9 Å². The zero-order valence-electron chi connectivity index (χ0n) is 15.6. The number of morpholine rings is 1. The van der Waals surface area contributed by atoms with E-state index >= 15 is 0 Å². The number of rotatable bonds is 6. The summed E-state index contributed by atoms with van der Waals surface area (Å²) in [5.41, 5.74) is 8.48. The average molecular weight is 346 g/mol. The van der Waals surface area contributed by atoms with Gasteiger partial charge in [-0.2, -0.15) is 0 Å². The topological polar surface area (TPSA) is 83.1 Å². The third-order valence-electron chi connectivity index (χ3n) is 4.06. The molecule has 138 valence electrons. The largest absolute Gasteiger partial charge is 0.506 e. The Hall–Kier alpha value is -2.05. The van der Waals surface area contributed by atoms with Crippen LogP contribution in [0.4, 0.5) is 5.69 Å². The number of phenols is 1. The van der Waals surface area contributed by atoms with E-state index in [1.54, 1.807) is 12.1 Å². The monoisotopic (exact) mass is 346 g/mol. The summed E-state index contributed by atoms with van der Waals surface area (Å²) in [6.07, 6.45) is 2.31. The Kier molecular flexibility index (Phi) is 6.84. The number of nitrogens with one attached hydrogen (secondary N) is 1. The summed E-state index contributed by atoms with van der Waals surface area (Å²) in [6, 6.07) is 5.50. The Labute approximate surface area is 150 Å². The molecule has 1 fully saturated rings. The normalized spacial score (nSPS) is 22.9. The van der Waals surface area contributed by atoms with E-state index in [1.807, 2.05) is 26.0 Å². The summed E-state index contributed by atoms with van der Waals surface area (Å²) in [5.74, 6) is 0.699. The number of phenolic OH excluding ortho intramolecular Hbond substituents is 1. The van der Waals surface area contributed by atoms with Gasteiger partial charge in [-0.05, 0) is 51.5 Å². The van der Waals surface area contributed by atoms with Crippen molar-refractivity contribution in [1.82, 2.24) is 4.90 Å². The standard InChI is InChI=1S/C19H30N4O2/c1-13-5-6-17(18(24)9-13)22-14(2)10-19(20)21-7-8-23-11-15(3)25-16(4)12-23/h5-6,9-10,15-16,22,24H,7-8,11-12H2,1-4H3,(H2,20,21)/b14-10-. The highest BCUT2D eigenvalue weighted by Gasteiger charge is 2.21. The van der Waals surface area contributed by atoms with Crippen molar-refractivity contribution in [3.05, 3.63) is 35.5 Å². The highest BCUT2D eigenvalue weighted by molar-refractivity contribution is 5.92. The summed E-state index contributed by atoms with van der Waals surface area (Å²) in [4.78, 5) is 6.78. The molecule has 0 radical (unpaired) electrons. The lowest BCUT2D eigenvalue weighted by molar-refractivity contribution is -0.0669. The number of hydrogen-bond acceptors (Lipinski definition) is 5. The molecular weight excluding hydrogens is 316 g/mol. The van der Waals surface area contributed by atoms with Crippen molar-refractivity contribution >= 4 is 11.5 Å². The number of allylic oxidation sites excluding steroid dienone is 1. The van der Waals surface area contributed by atoms with E-state index in [2.05, 4.69) is 29.1 Å². The molecule has 0 aromatic heterocycles. The van der Waals surface area contributed by atoms with Crippen LogP contribution >= 0.6 is 0 Å². The maximum Gasteiger partial charge on any atom is 0.139 e. The second-order valence-electron chi connectivity index (χ2n) is 6.80. The van der Waals surface area contributed by atoms with Crippen molar-refractivity contribution in [3.63, 3.8) is 0 Å². The van der Waals surface area contributed by atoms with Crippen molar-refractivity contribution in [1.29, 1.82) is 0 Å². The van der Waals surface area contributed by atoms with Gasteiger partial charge in [0.15, 0.2) is 0 Å². The predicted molar refractivity (Wildman–Crippen MR) is 103 cm³/mol. The number of nitrogens with zero attached hydrogens (tertiary/aromatic N) is 2. The lowest BCUT2D eigenvalue weighted by Crippen LogP contribution is -2.46. The molecular formula is C19H30N4O2. The number of aryl methyl sites for hydroxylation is 1. The molecule has 6 nitrogen and oxygen atoms in total. The Morgan fingerprint density at radius 3 is 2.72 bits per heavy atom. The molecule has 1 aromatic rings. The molecule has 0 spiro atoms. The first-order valence-electron chi connectivity index (χ1n) is 8.76. The van der Waals surface area contributed by atoms with Crippen molar-refractivity contribution in [2.45, 2.75) is 39.9 Å². The Morgan fingerprint density at radius 2 is 2.08 bits per heavy atom. The summed E-state index contributed by atoms with van der Waals surface area (Å²) < 4.78 is 5.73. The zero-order chi connectivity index (χ0) is 18.4. The lowest BCUT2D eigenvalue weighted by atomic mass is 10.2. The van der Waals surface area contributed by atoms with E-state index < -0.39 is 0 Å². The van der Waals surface area contributed by atoms with Crippen LogP contribution in [0.3, 0.4) is 0 Å². The first-order chi connectivity index (χ1) is 11.8. The Balaban J connectivity index is 1.85. The molecule has 1 aromatic carbocycles. The first-order valence-corrected chi connectivity index (χ1v) is 8.76. The maximum atomic E-state index is 9.94. The van der Waals surface area contributed by atoms with Crippen LogP contribution in [0.5, 0.6) is 5.75 Å². The molecule has 0 amide bonds. The number of aliphatic imine (C=N–C) groups is 1. The molecule has 2 rings (SSSR count). The van der Waals surface area contributed by atoms with Crippen LogP contribution in [0.1, 0.15) is 26.3 Å². The highest BCUT2D eigenvalue weighted by Crippen LogP contribution is 2.25. The number of hydrogen-bond donors (Lipinski definition) is 3. The zero-order valence-corrected chi connectivity index (χ0v) is 15.6. The molecule has 6 heteroatoms. The van der Waals surface area contributed by atoms with Gasteiger partial charge >= 0.3 is 0 Å². The van der Waals surface area contributed by atoms with Crippen LogP contribution in [0.2, 0.25) is 0 Å². The summed E-state index contributed by atoms with van der Waals surface area (Å²) in [6.45, 7) is 11.4. The second-order valence-corrected chi connectivity index (χ2v) is 6.80. The molecule has 2 unspecified atom stereocenters. The van der Waals surface area contributed by atoms with Gasteiger partial charge in [0, 0.05) is 25.3 Å². The lowest BCUT2D eigenvalue weighted by Gasteiger charge is -2.34. The fraction of sp³-hybridized carbons (Fsp3) is 0.526. The minimum Gasteiger partial charge on any atom is -0.506 e. The van der Waals surface area contributed by atoms with Crippen LogP contribution in [0.15, 0.2) is 35.0 Å². The van der Waals surface area contributed by atoms with Gasteiger partial charge in [-0.25, -0.2) is 0 Å². The van der Waals surface area contributed by atoms with E-state index in [9.17, 15) is 5.11 Å². The number of anilines is 1. The number of benzene rings is 1. The van der Waals surface area contributed by atoms with Gasteiger partial charge in [0.1, 0.15) is 11.6 Å². The molecule has 4 N–H and O–H groups in total. The van der Waals surface area contributed by atoms with Crippen LogP contribution < -0.4 is 11.1 Å². The van der Waals surface area contributed by atoms with Crippen LogP contribution in [-0.2, 0) is 4.74 Å². The summed E-state index contributed by atoms with van der Waals surface area (Å²) in [7, 11) is 0. The molecule has 2 atom stereocenters. The SMILES string of the molecule is C/C(=C/C(N)=NCCN1CC(C)OC(C)C1)Nc1ccc(C)cc1O. The third kappa shape index (κ3) is 6.40. The summed E-state index contributed by atoms with van der Waals surface area (Å²) >= 11 is 0. The van der Waals surface area contributed by atoms with Crippen molar-refractivity contribution in [3.8, 4) is 5.75 Å². The molecule has 1 aliphatic heterocycles. The van der Waals surface area contributed by atoms with E-state index in [-0.39, 0.29) is 18.0 Å². The van der Waals surface area contributed by atoms with Gasteiger partial charge in [0.05, 0.1) is 24.4 Å². The van der Waals surface area contributed by atoms with Crippen molar-refractivity contribution < 1.29 is 9.84 Å². The van der Waals surface area contributed by atoms with Gasteiger partial charge in [-0.1, -0.05) is 6.07 Å². The maximum absolute atomic E-state index is 9.94. The van der Waals surface area contributed by atoms with E-state index in [0.29, 0.717) is 18.1 Å². The van der Waals surface area contributed by atoms with Crippen LogP contribution in [0, 0.1) is 6.92 Å². The predicted octanol–water partition coefficient (Wildman–Crippen LogP) is 2.48. The Bertz CT molecular complexity index is 632. The van der Waals surface area contributed by atoms with Crippen molar-refractivity contribution in [2.75, 3.05) is 31.5 Å². The van der Waals surface area contributed by atoms with E-state index in [4.69, 9.17) is 10.5 Å².